The van der Waals surface area contributed by atoms with Crippen LogP contribution in [-0.2, 0) is 4.79 Å². The Labute approximate surface area is 121 Å². The molecule has 2 N–H and O–H groups in total. The zero-order valence-corrected chi connectivity index (χ0v) is 12.1. The summed E-state index contributed by atoms with van der Waals surface area (Å²) in [5.74, 6) is 0.382. The number of halogens is 1. The smallest absolute Gasteiger partial charge is 0.225 e. The minimum atomic E-state index is 0. The molecule has 1 fully saturated rings. The first kappa shape index (κ1) is 15.8. The molecule has 1 aliphatic rings. The Bertz CT molecular complexity index is 382. The second-order valence-electron chi connectivity index (χ2n) is 4.76. The summed E-state index contributed by atoms with van der Waals surface area (Å²) in [7, 11) is 2.08. The van der Waals surface area contributed by atoms with E-state index in [2.05, 4.69) is 34.7 Å². The van der Waals surface area contributed by atoms with E-state index in [9.17, 15) is 4.79 Å². The molecule has 1 amide bonds. The third-order valence-electron chi connectivity index (χ3n) is 3.32. The predicted octanol–water partition coefficient (Wildman–Crippen LogP) is 1.27. The third kappa shape index (κ3) is 4.73. The summed E-state index contributed by atoms with van der Waals surface area (Å²) in [5.41, 5.74) is 1.21. The van der Waals surface area contributed by atoms with Crippen LogP contribution in [0.1, 0.15) is 6.42 Å². The number of hydrogen-bond acceptors (Lipinski definition) is 3. The van der Waals surface area contributed by atoms with Crippen LogP contribution in [0, 0.1) is 5.92 Å². The van der Waals surface area contributed by atoms with Crippen LogP contribution in [0.2, 0.25) is 0 Å². The first-order valence-corrected chi connectivity index (χ1v) is 6.52. The van der Waals surface area contributed by atoms with Gasteiger partial charge in [-0.25, -0.2) is 0 Å². The van der Waals surface area contributed by atoms with Gasteiger partial charge in [-0.15, -0.1) is 12.4 Å². The summed E-state index contributed by atoms with van der Waals surface area (Å²) >= 11 is 0. The summed E-state index contributed by atoms with van der Waals surface area (Å²) in [5, 5.41) is 6.09. The predicted molar refractivity (Wildman–Crippen MR) is 80.9 cm³/mol. The first-order valence-electron chi connectivity index (χ1n) is 6.52. The average molecular weight is 284 g/mol. The number of carbonyl (C=O) groups excluding carboxylic acids is 1. The maximum atomic E-state index is 11.6. The lowest BCUT2D eigenvalue weighted by atomic mass is 10.0. The van der Waals surface area contributed by atoms with E-state index in [0.717, 1.165) is 32.6 Å². The maximum absolute atomic E-state index is 11.6. The quantitative estimate of drug-likeness (QED) is 0.773. The molecule has 4 nitrogen and oxygen atoms in total. The number of para-hydroxylation sites is 1. The molecule has 0 radical (unpaired) electrons. The van der Waals surface area contributed by atoms with Crippen LogP contribution in [0.3, 0.4) is 0 Å². The topological polar surface area (TPSA) is 44.4 Å². The highest BCUT2D eigenvalue weighted by molar-refractivity contribution is 5.85. The third-order valence-corrected chi connectivity index (χ3v) is 3.32. The van der Waals surface area contributed by atoms with Gasteiger partial charge in [-0.05, 0) is 18.6 Å². The van der Waals surface area contributed by atoms with Crippen molar-refractivity contribution in [2.75, 3.05) is 38.1 Å². The fourth-order valence-electron chi connectivity index (χ4n) is 1.96. The number of rotatable bonds is 6. The fourth-order valence-corrected chi connectivity index (χ4v) is 1.96. The molecule has 2 rings (SSSR count). The largest absolute Gasteiger partial charge is 0.375 e. The first-order chi connectivity index (χ1) is 8.77. The van der Waals surface area contributed by atoms with Gasteiger partial charge in [-0.3, -0.25) is 4.79 Å². The summed E-state index contributed by atoms with van der Waals surface area (Å²) in [4.78, 5) is 13.8. The number of benzene rings is 1. The van der Waals surface area contributed by atoms with Gasteiger partial charge in [0.05, 0.1) is 5.92 Å². The van der Waals surface area contributed by atoms with Crippen molar-refractivity contribution in [1.82, 2.24) is 10.6 Å². The molecule has 1 aromatic rings. The fraction of sp³-hybridized carbons (Fsp3) is 0.500. The Kier molecular flexibility index (Phi) is 6.67. The lowest BCUT2D eigenvalue weighted by Crippen LogP contribution is -2.51. The van der Waals surface area contributed by atoms with Gasteiger partial charge >= 0.3 is 0 Å². The molecule has 19 heavy (non-hydrogen) atoms. The highest BCUT2D eigenvalue weighted by Crippen LogP contribution is 2.10. The molecule has 106 valence electrons. The van der Waals surface area contributed by atoms with E-state index in [4.69, 9.17) is 0 Å². The van der Waals surface area contributed by atoms with Crippen molar-refractivity contribution in [2.45, 2.75) is 6.42 Å². The molecular weight excluding hydrogens is 262 g/mol. The van der Waals surface area contributed by atoms with Gasteiger partial charge in [0.15, 0.2) is 0 Å². The average Bonchev–Trinajstić information content (AvgIpc) is 2.33. The Morgan fingerprint density at radius 3 is 2.63 bits per heavy atom. The van der Waals surface area contributed by atoms with Crippen LogP contribution in [0.25, 0.3) is 0 Å². The van der Waals surface area contributed by atoms with Crippen molar-refractivity contribution in [3.8, 4) is 0 Å². The van der Waals surface area contributed by atoms with E-state index in [1.165, 1.54) is 5.69 Å². The lowest BCUT2D eigenvalue weighted by molar-refractivity contribution is -0.126. The van der Waals surface area contributed by atoms with Crippen LogP contribution in [0.15, 0.2) is 30.3 Å². The second-order valence-corrected chi connectivity index (χ2v) is 4.76. The van der Waals surface area contributed by atoms with Crippen molar-refractivity contribution in [2.24, 2.45) is 5.92 Å². The van der Waals surface area contributed by atoms with Crippen molar-refractivity contribution in [3.63, 3.8) is 0 Å². The van der Waals surface area contributed by atoms with Crippen LogP contribution < -0.4 is 15.5 Å². The molecule has 0 aliphatic carbocycles. The zero-order chi connectivity index (χ0) is 12.8. The molecule has 1 aromatic carbocycles. The standard InChI is InChI=1S/C14H21N3O.ClH/c1-17(13-6-3-2-4-7-13)9-5-8-16-14(18)12-10-15-11-12;/h2-4,6-7,12,15H,5,8-11H2,1H3,(H,16,18);1H. The van der Waals surface area contributed by atoms with E-state index in [-0.39, 0.29) is 24.2 Å². The molecule has 0 saturated carbocycles. The van der Waals surface area contributed by atoms with E-state index in [1.807, 2.05) is 18.2 Å². The molecule has 5 heteroatoms. The van der Waals surface area contributed by atoms with Gasteiger partial charge in [-0.2, -0.15) is 0 Å². The molecule has 0 unspecified atom stereocenters. The van der Waals surface area contributed by atoms with E-state index in [0.29, 0.717) is 0 Å². The monoisotopic (exact) mass is 283 g/mol. The number of carbonyl (C=O) groups is 1. The lowest BCUT2D eigenvalue weighted by Gasteiger charge is -2.26. The van der Waals surface area contributed by atoms with Crippen LogP contribution in [0.5, 0.6) is 0 Å². The normalized spacial score (nSPS) is 14.2. The van der Waals surface area contributed by atoms with Crippen LogP contribution in [0.4, 0.5) is 5.69 Å². The Hall–Kier alpha value is -1.26. The van der Waals surface area contributed by atoms with Gasteiger partial charge in [-0.1, -0.05) is 18.2 Å². The van der Waals surface area contributed by atoms with E-state index >= 15 is 0 Å². The van der Waals surface area contributed by atoms with Gasteiger partial charge in [0.25, 0.3) is 0 Å². The number of nitrogens with zero attached hydrogens (tertiary/aromatic N) is 1. The van der Waals surface area contributed by atoms with Crippen molar-refractivity contribution >= 4 is 24.0 Å². The summed E-state index contributed by atoms with van der Waals surface area (Å²) < 4.78 is 0. The maximum Gasteiger partial charge on any atom is 0.225 e. The highest BCUT2D eigenvalue weighted by atomic mass is 35.5. The zero-order valence-electron chi connectivity index (χ0n) is 11.3. The number of anilines is 1. The molecule has 0 bridgehead atoms. The molecule has 0 atom stereocenters. The van der Waals surface area contributed by atoms with Gasteiger partial charge in [0.1, 0.15) is 0 Å². The van der Waals surface area contributed by atoms with Gasteiger partial charge in [0.2, 0.25) is 5.91 Å². The number of nitrogens with one attached hydrogen (secondary N) is 2. The summed E-state index contributed by atoms with van der Waals surface area (Å²) in [6, 6.07) is 10.3. The molecule has 1 saturated heterocycles. The highest BCUT2D eigenvalue weighted by Gasteiger charge is 2.23. The van der Waals surface area contributed by atoms with Crippen molar-refractivity contribution in [1.29, 1.82) is 0 Å². The van der Waals surface area contributed by atoms with Crippen molar-refractivity contribution < 1.29 is 4.79 Å². The Morgan fingerprint density at radius 1 is 1.37 bits per heavy atom. The number of hydrogen-bond donors (Lipinski definition) is 2. The van der Waals surface area contributed by atoms with E-state index in [1.54, 1.807) is 0 Å². The van der Waals surface area contributed by atoms with Gasteiger partial charge < -0.3 is 15.5 Å². The minimum Gasteiger partial charge on any atom is -0.375 e. The minimum absolute atomic E-state index is 0. The molecular formula is C14H22ClN3O. The SMILES string of the molecule is CN(CCCNC(=O)C1CNC1)c1ccccc1.Cl. The molecule has 1 heterocycles. The van der Waals surface area contributed by atoms with Crippen molar-refractivity contribution in [3.05, 3.63) is 30.3 Å². The molecule has 0 spiro atoms. The van der Waals surface area contributed by atoms with E-state index < -0.39 is 0 Å². The summed E-state index contributed by atoms with van der Waals surface area (Å²) in [6.07, 6.45) is 0.970. The van der Waals surface area contributed by atoms with Crippen LogP contribution in [-0.4, -0.2) is 39.1 Å². The second kappa shape index (κ2) is 8.02. The Balaban J connectivity index is 0.00000180. The molecule has 1 aliphatic heterocycles. The summed E-state index contributed by atoms with van der Waals surface area (Å²) in [6.45, 7) is 3.37. The van der Waals surface area contributed by atoms with Crippen LogP contribution >= 0.6 is 12.4 Å². The Morgan fingerprint density at radius 2 is 2.05 bits per heavy atom. The number of amides is 1. The molecule has 0 aromatic heterocycles. The van der Waals surface area contributed by atoms with Gasteiger partial charge in [0, 0.05) is 38.9 Å².